The smallest absolute Gasteiger partial charge is 0.311 e. The largest absolute Gasteiger partial charge is 0.459 e. The van der Waals surface area contributed by atoms with Crippen LogP contribution >= 0.6 is 0 Å². The molecule has 4 N–H and O–H groups in total. The van der Waals surface area contributed by atoms with Gasteiger partial charge in [-0.3, -0.25) is 9.59 Å². The van der Waals surface area contributed by atoms with Crippen LogP contribution in [0.3, 0.4) is 0 Å². The van der Waals surface area contributed by atoms with Crippen molar-refractivity contribution in [2.75, 3.05) is 48.4 Å². The Morgan fingerprint density at radius 2 is 1.55 bits per heavy atom. The first-order valence-corrected chi connectivity index (χ1v) is 21.2. The lowest BCUT2D eigenvalue weighted by atomic mass is 9.73. The Kier molecular flexibility index (Phi) is 19.6. The molecule has 0 saturated carbocycles. The van der Waals surface area contributed by atoms with Gasteiger partial charge >= 0.3 is 5.97 Å². The van der Waals surface area contributed by atoms with Gasteiger partial charge in [-0.2, -0.15) is 0 Å². The number of cyclic esters (lactones) is 1. The van der Waals surface area contributed by atoms with Gasteiger partial charge < -0.3 is 72.8 Å². The van der Waals surface area contributed by atoms with Crippen LogP contribution in [-0.4, -0.2) is 176 Å². The first kappa shape index (κ1) is 52.3. The summed E-state index contributed by atoms with van der Waals surface area (Å²) in [4.78, 5) is 33.4. The maximum Gasteiger partial charge on any atom is 0.311 e. The highest BCUT2D eigenvalue weighted by atomic mass is 16.7. The minimum absolute atomic E-state index is 0.0944. The second kappa shape index (κ2) is 22.5. The highest BCUT2D eigenvalue weighted by molar-refractivity contribution is 5.88. The number of nitrogens with zero attached hydrogens (tertiary/aromatic N) is 2. The third-order valence-electron chi connectivity index (χ3n) is 13.1. The standard InChI is InChI=1S/C42H76N2O16/c1-15-30-42(10,50)35(47)25(4)32(43-55-22-54-17-16-51-12)23(2)19-41(9,53-14)37(60-39-33(46)29(44(11)21-45)18-24(3)56-39)26(5)34(27(6)38(49)58-30)59-31-20-40(8,52-13)36(48)28(7)57-31/h21,23-31,33-37,39,46-48,50H,15-20,22H2,1-14H3/b43-32+/t23-,24-,25+,26+,27-,28+,29+,30?,31+,33-,34?,35-,36+,37-,39+,40-,41-,42-/m1/s1. The third-order valence-corrected chi connectivity index (χ3v) is 13.1. The molecule has 0 aromatic carbocycles. The lowest BCUT2D eigenvalue weighted by Gasteiger charge is -2.50. The van der Waals surface area contributed by atoms with Crippen LogP contribution in [0.1, 0.15) is 94.9 Å². The van der Waals surface area contributed by atoms with Crippen molar-refractivity contribution >= 4 is 18.1 Å². The van der Waals surface area contributed by atoms with E-state index < -0.39 is 114 Å². The number of likely N-dealkylation sites (N-methyl/N-ethyl adjacent to an activating group) is 1. The van der Waals surface area contributed by atoms with E-state index in [9.17, 15) is 30.0 Å². The maximum absolute atomic E-state index is 14.4. The zero-order valence-corrected chi connectivity index (χ0v) is 38.3. The van der Waals surface area contributed by atoms with Gasteiger partial charge in [0.05, 0.1) is 72.6 Å². The van der Waals surface area contributed by atoms with Crippen LogP contribution in [-0.2, 0) is 57.1 Å². The number of carbonyl (C=O) groups is 2. The molecule has 60 heavy (non-hydrogen) atoms. The summed E-state index contributed by atoms with van der Waals surface area (Å²) < 4.78 is 54.9. The van der Waals surface area contributed by atoms with E-state index in [0.29, 0.717) is 25.1 Å². The molecule has 3 heterocycles. The number of amides is 1. The van der Waals surface area contributed by atoms with Crippen LogP contribution in [0, 0.1) is 23.7 Å². The molecule has 0 spiro atoms. The lowest BCUT2D eigenvalue weighted by Crippen LogP contribution is -2.61. The summed E-state index contributed by atoms with van der Waals surface area (Å²) >= 11 is 0. The van der Waals surface area contributed by atoms with Gasteiger partial charge in [0.15, 0.2) is 12.6 Å². The predicted octanol–water partition coefficient (Wildman–Crippen LogP) is 2.39. The van der Waals surface area contributed by atoms with Crippen LogP contribution in [0.5, 0.6) is 0 Å². The Balaban J connectivity index is 2.27. The molecule has 18 atom stereocenters. The van der Waals surface area contributed by atoms with E-state index in [-0.39, 0.29) is 32.7 Å². The van der Waals surface area contributed by atoms with Crippen molar-refractivity contribution in [3.8, 4) is 0 Å². The minimum atomic E-state index is -1.96. The van der Waals surface area contributed by atoms with Gasteiger partial charge in [0.25, 0.3) is 0 Å². The monoisotopic (exact) mass is 865 g/mol. The zero-order chi connectivity index (χ0) is 45.3. The summed E-state index contributed by atoms with van der Waals surface area (Å²) in [6.45, 7) is 17.7. The molecule has 3 rings (SSSR count). The van der Waals surface area contributed by atoms with Crippen LogP contribution in [0.4, 0.5) is 0 Å². The van der Waals surface area contributed by atoms with Gasteiger partial charge in [-0.25, -0.2) is 0 Å². The molecule has 18 nitrogen and oxygen atoms in total. The molecule has 0 bridgehead atoms. The minimum Gasteiger partial charge on any atom is -0.459 e. The van der Waals surface area contributed by atoms with E-state index in [1.807, 2.05) is 27.7 Å². The SMILES string of the molecule is CCC1OC(=O)[C@H](C)C(O[C@H]2C[C@@](C)(OC)[C@@H](O)[C@H](C)O2)[C@H](C)[C@@H](O[C@@H]2O[C@H](C)C[C@H](N(C)C=O)[C@H]2O)[C@](C)(OC)C[C@@H](C)/C(=N\OCOCCOC)[C@H](C)[C@@H](O)[C@]1(C)O. The van der Waals surface area contributed by atoms with Gasteiger partial charge in [0.2, 0.25) is 13.2 Å². The number of oxime groups is 1. The number of esters is 1. The first-order chi connectivity index (χ1) is 28.1. The van der Waals surface area contributed by atoms with E-state index in [1.54, 1.807) is 48.8 Å². The van der Waals surface area contributed by atoms with Crippen molar-refractivity contribution in [3.05, 3.63) is 0 Å². The molecule has 18 heteroatoms. The van der Waals surface area contributed by atoms with Crippen LogP contribution in [0.25, 0.3) is 0 Å². The third kappa shape index (κ3) is 12.1. The molecule has 0 aromatic rings. The summed E-state index contributed by atoms with van der Waals surface area (Å²) in [5, 5.41) is 51.1. The van der Waals surface area contributed by atoms with Gasteiger partial charge in [0, 0.05) is 52.6 Å². The van der Waals surface area contributed by atoms with Crippen LogP contribution in [0.2, 0.25) is 0 Å². The molecule has 0 radical (unpaired) electrons. The molecule has 1 amide bonds. The van der Waals surface area contributed by atoms with Gasteiger partial charge in [-0.05, 0) is 60.8 Å². The van der Waals surface area contributed by atoms with E-state index >= 15 is 0 Å². The van der Waals surface area contributed by atoms with Gasteiger partial charge in [-0.15, -0.1) is 0 Å². The van der Waals surface area contributed by atoms with Crippen molar-refractivity contribution in [3.63, 3.8) is 0 Å². The summed E-state index contributed by atoms with van der Waals surface area (Å²) in [5.41, 5.74) is -3.97. The number of aliphatic hydroxyl groups excluding tert-OH is 3. The molecular weight excluding hydrogens is 788 g/mol. The highest BCUT2D eigenvalue weighted by Crippen LogP contribution is 2.42. The number of ether oxygens (including phenoxy) is 9. The van der Waals surface area contributed by atoms with E-state index in [4.69, 9.17) is 47.5 Å². The van der Waals surface area contributed by atoms with Crippen LogP contribution < -0.4 is 0 Å². The Morgan fingerprint density at radius 1 is 0.900 bits per heavy atom. The number of carbonyl (C=O) groups excluding carboxylic acids is 2. The first-order valence-electron chi connectivity index (χ1n) is 21.2. The lowest BCUT2D eigenvalue weighted by molar-refractivity contribution is -0.319. The summed E-state index contributed by atoms with van der Waals surface area (Å²) in [7, 11) is 6.13. The van der Waals surface area contributed by atoms with E-state index in [1.165, 1.54) is 26.0 Å². The molecule has 3 aliphatic rings. The Bertz CT molecular complexity index is 1370. The van der Waals surface area contributed by atoms with Crippen molar-refractivity contribution in [2.45, 2.75) is 179 Å². The Morgan fingerprint density at radius 3 is 2.13 bits per heavy atom. The van der Waals surface area contributed by atoms with E-state index in [2.05, 4.69) is 5.16 Å². The second-order valence-corrected chi connectivity index (χ2v) is 17.7. The number of hydrogen-bond acceptors (Lipinski definition) is 17. The van der Waals surface area contributed by atoms with Gasteiger partial charge in [-0.1, -0.05) is 32.9 Å². The second-order valence-electron chi connectivity index (χ2n) is 17.7. The van der Waals surface area contributed by atoms with Crippen molar-refractivity contribution < 1.29 is 77.5 Å². The quantitative estimate of drug-likeness (QED) is 0.0610. The van der Waals surface area contributed by atoms with Crippen molar-refractivity contribution in [2.24, 2.45) is 28.8 Å². The maximum atomic E-state index is 14.4. The van der Waals surface area contributed by atoms with Crippen molar-refractivity contribution in [1.29, 1.82) is 0 Å². The van der Waals surface area contributed by atoms with Crippen LogP contribution in [0.15, 0.2) is 5.16 Å². The average Bonchev–Trinajstić information content (AvgIpc) is 3.21. The normalized spacial score (nSPS) is 44.5. The molecule has 0 aromatic heterocycles. The fourth-order valence-electron chi connectivity index (χ4n) is 9.08. The summed E-state index contributed by atoms with van der Waals surface area (Å²) in [6, 6.07) is -0.642. The zero-order valence-electron chi connectivity index (χ0n) is 38.3. The average molecular weight is 865 g/mol. The number of methoxy groups -OCH3 is 3. The number of rotatable bonds is 15. The molecule has 3 saturated heterocycles. The topological polar surface area (TPSA) is 223 Å². The Labute approximate surface area is 356 Å². The van der Waals surface area contributed by atoms with Gasteiger partial charge in [0.1, 0.15) is 23.9 Å². The van der Waals surface area contributed by atoms with E-state index in [0.717, 1.165) is 0 Å². The fraction of sp³-hybridized carbons (Fsp3) is 0.929. The van der Waals surface area contributed by atoms with Crippen molar-refractivity contribution in [1.82, 2.24) is 4.90 Å². The molecule has 3 aliphatic heterocycles. The molecule has 0 aliphatic carbocycles. The molecular formula is C42H76N2O16. The molecule has 350 valence electrons. The number of hydrogen-bond donors (Lipinski definition) is 4. The fourth-order valence-corrected chi connectivity index (χ4v) is 9.08. The predicted molar refractivity (Wildman–Crippen MR) is 217 cm³/mol. The number of aliphatic hydroxyl groups is 4. The summed E-state index contributed by atoms with van der Waals surface area (Å²) in [5.74, 6) is -3.96. The molecule has 3 fully saturated rings. The Hall–Kier alpha value is -2.07. The summed E-state index contributed by atoms with van der Waals surface area (Å²) in [6.07, 6.45) is -9.04. The highest BCUT2D eigenvalue weighted by Gasteiger charge is 2.54. The molecule has 2 unspecified atom stereocenters.